The molecule has 8 heteroatoms. The van der Waals surface area contributed by atoms with E-state index in [0.29, 0.717) is 27.3 Å². The number of nitrogens with zero attached hydrogens (tertiary/aromatic N) is 3. The Kier molecular flexibility index (Phi) is 6.58. The number of aryl methyl sites for hydroxylation is 2. The Morgan fingerprint density at radius 3 is 2.53 bits per heavy atom. The molecule has 4 rings (SSSR count). The van der Waals surface area contributed by atoms with Gasteiger partial charge in [-0.3, -0.25) is 9.36 Å². The van der Waals surface area contributed by atoms with Crippen LogP contribution in [0.5, 0.6) is 0 Å². The predicted molar refractivity (Wildman–Crippen MR) is 127 cm³/mol. The average Bonchev–Trinajstić information content (AvgIpc) is 3.19. The summed E-state index contributed by atoms with van der Waals surface area (Å²) in [5.41, 5.74) is 3.80. The van der Waals surface area contributed by atoms with Gasteiger partial charge in [-0.2, -0.15) is 0 Å². The molecule has 0 bridgehead atoms. The van der Waals surface area contributed by atoms with Gasteiger partial charge in [0, 0.05) is 16.4 Å². The number of hydrogen-bond donors (Lipinski definition) is 1. The van der Waals surface area contributed by atoms with Crippen molar-refractivity contribution >= 4 is 35.0 Å². The predicted octanol–water partition coefficient (Wildman–Crippen LogP) is 6.07. The van der Waals surface area contributed by atoms with Crippen LogP contribution in [0.15, 0.2) is 71.9 Å². The molecule has 0 saturated carbocycles. The maximum Gasteiger partial charge on any atom is 0.234 e. The van der Waals surface area contributed by atoms with E-state index in [1.165, 1.54) is 17.8 Å². The van der Waals surface area contributed by atoms with Gasteiger partial charge in [0.05, 0.1) is 11.3 Å². The van der Waals surface area contributed by atoms with E-state index in [9.17, 15) is 9.18 Å². The second kappa shape index (κ2) is 9.54. The van der Waals surface area contributed by atoms with Gasteiger partial charge in [0.15, 0.2) is 11.0 Å². The number of nitrogens with one attached hydrogen (secondary N) is 1. The van der Waals surface area contributed by atoms with Gasteiger partial charge in [-0.05, 0) is 61.9 Å². The quantitative estimate of drug-likeness (QED) is 0.350. The molecule has 162 valence electrons. The Labute approximate surface area is 194 Å². The van der Waals surface area contributed by atoms with Crippen LogP contribution in [-0.2, 0) is 4.79 Å². The van der Waals surface area contributed by atoms with Crippen molar-refractivity contribution in [2.45, 2.75) is 19.0 Å². The molecule has 3 aromatic carbocycles. The van der Waals surface area contributed by atoms with Crippen LogP contribution in [0.4, 0.5) is 10.1 Å². The van der Waals surface area contributed by atoms with Crippen LogP contribution >= 0.6 is 23.4 Å². The fourth-order valence-electron chi connectivity index (χ4n) is 3.19. The van der Waals surface area contributed by atoms with E-state index in [4.69, 9.17) is 11.6 Å². The van der Waals surface area contributed by atoms with E-state index in [0.717, 1.165) is 16.8 Å². The molecule has 1 amide bonds. The number of aromatic nitrogens is 3. The maximum absolute atomic E-state index is 14.5. The van der Waals surface area contributed by atoms with Crippen LogP contribution in [0, 0.1) is 19.7 Å². The van der Waals surface area contributed by atoms with Gasteiger partial charge in [0.2, 0.25) is 5.91 Å². The summed E-state index contributed by atoms with van der Waals surface area (Å²) in [5.74, 6) is -0.0842. The molecule has 0 saturated heterocycles. The van der Waals surface area contributed by atoms with Gasteiger partial charge in [-0.25, -0.2) is 4.39 Å². The number of benzene rings is 3. The molecule has 0 atom stereocenters. The van der Waals surface area contributed by atoms with E-state index >= 15 is 0 Å². The molecule has 1 heterocycles. The molecule has 0 radical (unpaired) electrons. The van der Waals surface area contributed by atoms with Crippen molar-refractivity contribution < 1.29 is 9.18 Å². The Morgan fingerprint density at radius 2 is 1.81 bits per heavy atom. The lowest BCUT2D eigenvalue weighted by Crippen LogP contribution is -2.15. The van der Waals surface area contributed by atoms with Crippen LogP contribution in [0.2, 0.25) is 5.02 Å². The third-order valence-electron chi connectivity index (χ3n) is 4.84. The lowest BCUT2D eigenvalue weighted by molar-refractivity contribution is -0.113. The van der Waals surface area contributed by atoms with Crippen molar-refractivity contribution in [1.82, 2.24) is 14.8 Å². The highest BCUT2D eigenvalue weighted by atomic mass is 35.5. The topological polar surface area (TPSA) is 59.8 Å². The first-order chi connectivity index (χ1) is 15.4. The molecule has 0 aliphatic heterocycles. The summed E-state index contributed by atoms with van der Waals surface area (Å²) in [6.45, 7) is 3.87. The summed E-state index contributed by atoms with van der Waals surface area (Å²) in [6, 6.07) is 19.5. The summed E-state index contributed by atoms with van der Waals surface area (Å²) in [4.78, 5) is 12.6. The second-order valence-corrected chi connectivity index (χ2v) is 8.63. The highest BCUT2D eigenvalue weighted by Gasteiger charge is 2.19. The highest BCUT2D eigenvalue weighted by molar-refractivity contribution is 7.99. The Balaban J connectivity index is 1.61. The zero-order valence-electron chi connectivity index (χ0n) is 17.5. The molecule has 0 aliphatic carbocycles. The SMILES string of the molecule is Cc1ccc(-n2c(SCC(=O)Nc3ccc(Cl)cc3C)nnc2-c2ccccc2F)cc1. The van der Waals surface area contributed by atoms with Crippen LogP contribution in [0.3, 0.4) is 0 Å². The zero-order valence-corrected chi connectivity index (χ0v) is 19.0. The Bertz CT molecular complexity index is 1270. The van der Waals surface area contributed by atoms with E-state index in [-0.39, 0.29) is 17.5 Å². The summed E-state index contributed by atoms with van der Waals surface area (Å²) in [5, 5.41) is 12.5. The highest BCUT2D eigenvalue weighted by Crippen LogP contribution is 2.30. The van der Waals surface area contributed by atoms with Gasteiger partial charge in [-0.15, -0.1) is 10.2 Å². The first-order valence-corrected chi connectivity index (χ1v) is 11.2. The fourth-order valence-corrected chi connectivity index (χ4v) is 4.17. The number of halogens is 2. The first kappa shape index (κ1) is 22.0. The van der Waals surface area contributed by atoms with Crippen molar-refractivity contribution in [3.63, 3.8) is 0 Å². The molecule has 1 aromatic heterocycles. The molecule has 4 aromatic rings. The molecular formula is C24H20ClFN4OS. The van der Waals surface area contributed by atoms with Crippen LogP contribution in [0.1, 0.15) is 11.1 Å². The summed E-state index contributed by atoms with van der Waals surface area (Å²) in [7, 11) is 0. The van der Waals surface area contributed by atoms with Crippen molar-refractivity contribution in [3.05, 3.63) is 88.7 Å². The molecule has 0 spiro atoms. The number of amides is 1. The minimum absolute atomic E-state index is 0.114. The molecular weight excluding hydrogens is 447 g/mol. The summed E-state index contributed by atoms with van der Waals surface area (Å²) in [6.07, 6.45) is 0. The van der Waals surface area contributed by atoms with Gasteiger partial charge < -0.3 is 5.32 Å². The molecule has 1 N–H and O–H groups in total. The van der Waals surface area contributed by atoms with Crippen molar-refractivity contribution in [1.29, 1.82) is 0 Å². The van der Waals surface area contributed by atoms with E-state index in [2.05, 4.69) is 15.5 Å². The van der Waals surface area contributed by atoms with Gasteiger partial charge in [0.25, 0.3) is 0 Å². The smallest absolute Gasteiger partial charge is 0.234 e. The maximum atomic E-state index is 14.5. The monoisotopic (exact) mass is 466 g/mol. The van der Waals surface area contributed by atoms with Crippen LogP contribution in [0.25, 0.3) is 17.1 Å². The molecule has 0 fully saturated rings. The van der Waals surface area contributed by atoms with E-state index < -0.39 is 0 Å². The number of thioether (sulfide) groups is 1. The van der Waals surface area contributed by atoms with Gasteiger partial charge in [-0.1, -0.05) is 53.2 Å². The number of anilines is 1. The molecule has 0 unspecified atom stereocenters. The van der Waals surface area contributed by atoms with Crippen LogP contribution in [-0.4, -0.2) is 26.4 Å². The zero-order chi connectivity index (χ0) is 22.7. The minimum atomic E-state index is -0.388. The van der Waals surface area contributed by atoms with Crippen LogP contribution < -0.4 is 5.32 Å². The largest absolute Gasteiger partial charge is 0.325 e. The van der Waals surface area contributed by atoms with E-state index in [1.807, 2.05) is 38.1 Å². The molecule has 32 heavy (non-hydrogen) atoms. The number of carbonyl (C=O) groups excluding carboxylic acids is 1. The molecule has 5 nitrogen and oxygen atoms in total. The normalized spacial score (nSPS) is 10.9. The Hall–Kier alpha value is -3.16. The lowest BCUT2D eigenvalue weighted by Gasteiger charge is -2.12. The Morgan fingerprint density at radius 1 is 1.06 bits per heavy atom. The van der Waals surface area contributed by atoms with Gasteiger partial charge >= 0.3 is 0 Å². The van der Waals surface area contributed by atoms with Crippen molar-refractivity contribution in [3.8, 4) is 17.1 Å². The van der Waals surface area contributed by atoms with Crippen molar-refractivity contribution in [2.24, 2.45) is 0 Å². The second-order valence-electron chi connectivity index (χ2n) is 7.25. The first-order valence-electron chi connectivity index (χ1n) is 9.88. The average molecular weight is 467 g/mol. The third kappa shape index (κ3) is 4.84. The lowest BCUT2D eigenvalue weighted by atomic mass is 10.2. The number of rotatable bonds is 6. The third-order valence-corrected chi connectivity index (χ3v) is 6.00. The molecule has 0 aliphatic rings. The number of hydrogen-bond acceptors (Lipinski definition) is 4. The fraction of sp³-hybridized carbons (Fsp3) is 0.125. The minimum Gasteiger partial charge on any atom is -0.325 e. The standard InChI is InChI=1S/C24H20ClFN4OS/c1-15-7-10-18(11-8-15)30-23(19-5-3-4-6-20(19)26)28-29-24(30)32-14-22(31)27-21-12-9-17(25)13-16(21)2/h3-13H,14H2,1-2H3,(H,27,31). The van der Waals surface area contributed by atoms with Gasteiger partial charge in [0.1, 0.15) is 5.82 Å². The summed E-state index contributed by atoms with van der Waals surface area (Å²) >= 11 is 7.22. The van der Waals surface area contributed by atoms with E-state index in [1.54, 1.807) is 41.0 Å². The summed E-state index contributed by atoms with van der Waals surface area (Å²) < 4.78 is 16.3. The van der Waals surface area contributed by atoms with Crippen molar-refractivity contribution in [2.75, 3.05) is 11.1 Å². The number of carbonyl (C=O) groups is 1.